The largest absolute Gasteiger partial charge is 0.301 e. The third-order valence-corrected chi connectivity index (χ3v) is 2.17. The molecule has 1 aliphatic rings. The second kappa shape index (κ2) is 3.59. The zero-order valence-corrected chi connectivity index (χ0v) is 7.19. The average Bonchev–Trinajstić information content (AvgIpc) is 2.67. The highest BCUT2D eigenvalue weighted by atomic mass is 19.2. The van der Waals surface area contributed by atoms with E-state index in [4.69, 9.17) is 4.84 Å². The minimum atomic E-state index is -1.43. The van der Waals surface area contributed by atoms with Gasteiger partial charge >= 0.3 is 0 Å². The van der Waals surface area contributed by atoms with E-state index in [0.717, 1.165) is 6.07 Å². The lowest BCUT2D eigenvalue weighted by atomic mass is 10.0. The first-order chi connectivity index (χ1) is 6.70. The number of nitrogens with one attached hydrogen (secondary N) is 1. The zero-order valence-electron chi connectivity index (χ0n) is 7.19. The van der Waals surface area contributed by atoms with Crippen molar-refractivity contribution in [2.45, 2.75) is 12.5 Å². The summed E-state index contributed by atoms with van der Waals surface area (Å²) >= 11 is 0. The lowest BCUT2D eigenvalue weighted by Gasteiger charge is -2.10. The lowest BCUT2D eigenvalue weighted by Crippen LogP contribution is -2.14. The van der Waals surface area contributed by atoms with Crippen molar-refractivity contribution in [1.29, 1.82) is 0 Å². The van der Waals surface area contributed by atoms with Gasteiger partial charge in [-0.15, -0.1) is 0 Å². The highest BCUT2D eigenvalue weighted by Gasteiger charge is 2.23. The van der Waals surface area contributed by atoms with Gasteiger partial charge in [-0.25, -0.2) is 13.2 Å². The van der Waals surface area contributed by atoms with Crippen LogP contribution in [-0.2, 0) is 4.84 Å². The maximum Gasteiger partial charge on any atom is 0.194 e. The molecule has 1 aromatic carbocycles. The Bertz CT molecular complexity index is 350. The highest BCUT2D eigenvalue weighted by Crippen LogP contribution is 2.25. The van der Waals surface area contributed by atoms with Crippen LogP contribution in [0.25, 0.3) is 0 Å². The van der Waals surface area contributed by atoms with E-state index in [0.29, 0.717) is 13.0 Å². The van der Waals surface area contributed by atoms with Crippen LogP contribution in [-0.4, -0.2) is 6.61 Å². The van der Waals surface area contributed by atoms with Gasteiger partial charge in [0, 0.05) is 5.56 Å². The Morgan fingerprint density at radius 1 is 1.21 bits per heavy atom. The first kappa shape index (κ1) is 9.48. The molecule has 0 spiro atoms. The molecule has 1 saturated heterocycles. The Balaban J connectivity index is 2.38. The molecule has 2 nitrogen and oxygen atoms in total. The monoisotopic (exact) mass is 203 g/mol. The molecule has 0 aliphatic carbocycles. The van der Waals surface area contributed by atoms with Crippen LogP contribution < -0.4 is 5.48 Å². The number of hydroxylamine groups is 1. The number of halogens is 3. The number of hydrogen-bond donors (Lipinski definition) is 1. The topological polar surface area (TPSA) is 21.3 Å². The molecular formula is C9H8F3NO. The van der Waals surface area contributed by atoms with E-state index in [1.54, 1.807) is 0 Å². The minimum absolute atomic E-state index is 0.0985. The maximum atomic E-state index is 13.2. The van der Waals surface area contributed by atoms with E-state index in [2.05, 4.69) is 5.48 Å². The summed E-state index contributed by atoms with van der Waals surface area (Å²) in [6.07, 6.45) is 0.544. The summed E-state index contributed by atoms with van der Waals surface area (Å²) in [5.74, 6) is -3.76. The van der Waals surface area contributed by atoms with Crippen LogP contribution >= 0.6 is 0 Å². The molecule has 0 aromatic heterocycles. The molecule has 1 aromatic rings. The Morgan fingerprint density at radius 3 is 2.64 bits per heavy atom. The second-order valence-corrected chi connectivity index (χ2v) is 3.07. The van der Waals surface area contributed by atoms with Crippen molar-refractivity contribution in [1.82, 2.24) is 5.48 Å². The molecule has 1 aliphatic heterocycles. The molecule has 14 heavy (non-hydrogen) atoms. The third kappa shape index (κ3) is 1.49. The second-order valence-electron chi connectivity index (χ2n) is 3.07. The molecule has 1 heterocycles. The predicted octanol–water partition coefficient (Wildman–Crippen LogP) is 2.07. The van der Waals surface area contributed by atoms with Crippen LogP contribution in [0.1, 0.15) is 18.0 Å². The number of benzene rings is 1. The van der Waals surface area contributed by atoms with Gasteiger partial charge in [0.15, 0.2) is 17.5 Å². The summed E-state index contributed by atoms with van der Waals surface area (Å²) < 4.78 is 38.6. The summed E-state index contributed by atoms with van der Waals surface area (Å²) in [4.78, 5) is 4.80. The van der Waals surface area contributed by atoms with Crippen molar-refractivity contribution in [2.75, 3.05) is 6.61 Å². The lowest BCUT2D eigenvalue weighted by molar-refractivity contribution is 0.0875. The maximum absolute atomic E-state index is 13.2. The molecule has 0 radical (unpaired) electrons. The molecule has 2 rings (SSSR count). The Kier molecular flexibility index (Phi) is 2.43. The van der Waals surface area contributed by atoms with Crippen LogP contribution in [0.5, 0.6) is 0 Å². The van der Waals surface area contributed by atoms with Gasteiger partial charge < -0.3 is 4.84 Å². The summed E-state index contributed by atoms with van der Waals surface area (Å²) in [6.45, 7) is 0.434. The fourth-order valence-electron chi connectivity index (χ4n) is 1.42. The van der Waals surface area contributed by atoms with Crippen LogP contribution in [0, 0.1) is 17.5 Å². The minimum Gasteiger partial charge on any atom is -0.301 e. The quantitative estimate of drug-likeness (QED) is 0.705. The molecule has 1 unspecified atom stereocenters. The van der Waals surface area contributed by atoms with Gasteiger partial charge in [-0.3, -0.25) is 0 Å². The Hall–Kier alpha value is -1.07. The first-order valence-corrected chi connectivity index (χ1v) is 4.21. The van der Waals surface area contributed by atoms with Crippen molar-refractivity contribution in [3.8, 4) is 0 Å². The molecule has 0 saturated carbocycles. The number of hydrogen-bond acceptors (Lipinski definition) is 2. The molecule has 1 atom stereocenters. The predicted molar refractivity (Wildman–Crippen MR) is 42.8 cm³/mol. The molecule has 76 valence electrons. The van der Waals surface area contributed by atoms with Crippen molar-refractivity contribution in [2.24, 2.45) is 0 Å². The van der Waals surface area contributed by atoms with E-state index in [1.165, 1.54) is 6.07 Å². The van der Waals surface area contributed by atoms with Crippen molar-refractivity contribution in [3.63, 3.8) is 0 Å². The SMILES string of the molecule is Fc1ccc(C2CCON2)c(F)c1F. The summed E-state index contributed by atoms with van der Waals surface area (Å²) in [5, 5.41) is 0. The number of rotatable bonds is 1. The van der Waals surface area contributed by atoms with Crippen LogP contribution in [0.15, 0.2) is 12.1 Å². The van der Waals surface area contributed by atoms with Gasteiger partial charge in [0.1, 0.15) is 0 Å². The smallest absolute Gasteiger partial charge is 0.194 e. The van der Waals surface area contributed by atoms with Gasteiger partial charge in [0.05, 0.1) is 12.6 Å². The van der Waals surface area contributed by atoms with E-state index in [1.807, 2.05) is 0 Å². The highest BCUT2D eigenvalue weighted by molar-refractivity contribution is 5.23. The Labute approximate surface area is 78.6 Å². The molecule has 1 N–H and O–H groups in total. The summed E-state index contributed by atoms with van der Waals surface area (Å²) in [5.41, 5.74) is 2.63. The zero-order chi connectivity index (χ0) is 10.1. The van der Waals surface area contributed by atoms with Gasteiger partial charge in [-0.05, 0) is 12.5 Å². The standard InChI is InChI=1S/C9H8F3NO/c10-6-2-1-5(8(11)9(6)12)7-3-4-14-13-7/h1-2,7,13H,3-4H2. The summed E-state index contributed by atoms with van der Waals surface area (Å²) in [6, 6.07) is 1.73. The van der Waals surface area contributed by atoms with Crippen LogP contribution in [0.3, 0.4) is 0 Å². The Morgan fingerprint density at radius 2 is 2.00 bits per heavy atom. The molecule has 5 heteroatoms. The van der Waals surface area contributed by atoms with E-state index < -0.39 is 23.5 Å². The van der Waals surface area contributed by atoms with Gasteiger partial charge in [-0.2, -0.15) is 5.48 Å². The van der Waals surface area contributed by atoms with E-state index in [9.17, 15) is 13.2 Å². The van der Waals surface area contributed by atoms with Crippen molar-refractivity contribution < 1.29 is 18.0 Å². The van der Waals surface area contributed by atoms with Gasteiger partial charge in [0.2, 0.25) is 0 Å². The summed E-state index contributed by atoms with van der Waals surface area (Å²) in [7, 11) is 0. The first-order valence-electron chi connectivity index (χ1n) is 4.21. The fourth-order valence-corrected chi connectivity index (χ4v) is 1.42. The van der Waals surface area contributed by atoms with Crippen molar-refractivity contribution in [3.05, 3.63) is 35.1 Å². The average molecular weight is 203 g/mol. The third-order valence-electron chi connectivity index (χ3n) is 2.17. The van der Waals surface area contributed by atoms with E-state index in [-0.39, 0.29) is 5.56 Å². The van der Waals surface area contributed by atoms with Gasteiger partial charge in [0.25, 0.3) is 0 Å². The molecule has 0 amide bonds. The van der Waals surface area contributed by atoms with E-state index >= 15 is 0 Å². The molecular weight excluding hydrogens is 195 g/mol. The molecule has 1 fully saturated rings. The van der Waals surface area contributed by atoms with Gasteiger partial charge in [-0.1, -0.05) is 6.07 Å². The normalized spacial score (nSPS) is 21.5. The molecule has 0 bridgehead atoms. The van der Waals surface area contributed by atoms with Crippen LogP contribution in [0.2, 0.25) is 0 Å². The van der Waals surface area contributed by atoms with Crippen molar-refractivity contribution >= 4 is 0 Å². The fraction of sp³-hybridized carbons (Fsp3) is 0.333. The van der Waals surface area contributed by atoms with Crippen LogP contribution in [0.4, 0.5) is 13.2 Å².